The lowest BCUT2D eigenvalue weighted by molar-refractivity contribution is -0.138. The van der Waals surface area contributed by atoms with Crippen LogP contribution in [-0.2, 0) is 44.4 Å². The molecule has 0 spiro atoms. The Morgan fingerprint density at radius 2 is 1.08 bits per heavy atom. The summed E-state index contributed by atoms with van der Waals surface area (Å²) in [5, 5.41) is 17.5. The molecular weight excluding hydrogens is 1030 g/mol. The first-order valence-corrected chi connectivity index (χ1v) is 25.1. The Bertz CT molecular complexity index is 2770. The molecule has 6 N–H and O–H groups in total. The second-order valence-electron chi connectivity index (χ2n) is 18.9. The fourth-order valence-electron chi connectivity index (χ4n) is 9.83. The van der Waals surface area contributed by atoms with Gasteiger partial charge in [0.1, 0.15) is 24.0 Å². The van der Waals surface area contributed by atoms with Crippen LogP contribution in [0.3, 0.4) is 0 Å². The second kappa shape index (κ2) is 24.1. The molecule has 4 aromatic heterocycles. The minimum absolute atomic E-state index is 0.0149. The number of ether oxygens (including phenoxy) is 4. The van der Waals surface area contributed by atoms with Crippen LogP contribution in [0.15, 0.2) is 59.0 Å². The maximum atomic E-state index is 14.2. The lowest BCUT2D eigenvalue weighted by Gasteiger charge is -2.35. The van der Waals surface area contributed by atoms with Crippen LogP contribution in [0, 0.1) is 0 Å². The van der Waals surface area contributed by atoms with E-state index in [9.17, 15) is 41.0 Å². The molecule has 10 rings (SSSR count). The van der Waals surface area contributed by atoms with Gasteiger partial charge in [-0.05, 0) is 42.2 Å². The number of methoxy groups -OCH3 is 2. The molecule has 77 heavy (non-hydrogen) atoms. The number of carbonyl (C=O) groups is 2. The predicted molar refractivity (Wildman–Crippen MR) is 270 cm³/mol. The van der Waals surface area contributed by atoms with Crippen molar-refractivity contribution in [1.82, 2.24) is 49.0 Å². The maximum absolute atomic E-state index is 14.2. The van der Waals surface area contributed by atoms with Crippen LogP contribution in [0.4, 0.5) is 47.6 Å². The number of alkyl halides is 6. The van der Waals surface area contributed by atoms with Crippen molar-refractivity contribution >= 4 is 42.5 Å². The molecule has 10 heterocycles. The van der Waals surface area contributed by atoms with Crippen molar-refractivity contribution in [3.8, 4) is 0 Å². The van der Waals surface area contributed by atoms with Gasteiger partial charge < -0.3 is 34.1 Å². The number of carbonyl (C=O) groups excluding carboxylic acids is 2. The molecule has 0 aliphatic carbocycles. The summed E-state index contributed by atoms with van der Waals surface area (Å²) < 4.78 is 108. The average molecular weight is 1090 g/mol. The van der Waals surface area contributed by atoms with Gasteiger partial charge in [-0.1, -0.05) is 0 Å². The summed E-state index contributed by atoms with van der Waals surface area (Å²) >= 11 is 0. The van der Waals surface area contributed by atoms with E-state index in [1.54, 1.807) is 16.2 Å². The van der Waals surface area contributed by atoms with Gasteiger partial charge >= 0.3 is 31.6 Å². The molecular formula is C47H61BF6N16O7. The van der Waals surface area contributed by atoms with E-state index in [1.807, 2.05) is 23.3 Å². The molecule has 4 aromatic rings. The number of piperazine rings is 2. The number of hydrogen-bond donors (Lipinski definition) is 6. The van der Waals surface area contributed by atoms with Crippen molar-refractivity contribution in [3.05, 3.63) is 93.8 Å². The highest BCUT2D eigenvalue weighted by Gasteiger charge is 2.40. The predicted octanol–water partition coefficient (Wildman–Crippen LogP) is 3.46. The van der Waals surface area contributed by atoms with Gasteiger partial charge in [0.15, 0.2) is 11.7 Å². The van der Waals surface area contributed by atoms with E-state index in [0.717, 1.165) is 120 Å². The fraction of sp³-hybridized carbons (Fsp3) is 0.532. The smallest absolute Gasteiger partial charge is 0.417 e. The lowest BCUT2D eigenvalue weighted by Crippen LogP contribution is -2.51. The van der Waals surface area contributed by atoms with Crippen LogP contribution in [0.2, 0.25) is 6.82 Å². The van der Waals surface area contributed by atoms with Crippen LogP contribution < -0.4 is 26.8 Å². The minimum Gasteiger partial charge on any atom is -0.453 e. The summed E-state index contributed by atoms with van der Waals surface area (Å²) in [6, 6.07) is 5.63. The number of aliphatic imine (C=N–C) groups is 2. The SMILES string of the molecule is COC(=O)Nc1cc(C(F)(F)F)c(C2=NC(N3CCOCC3)c3cc(CN4CCN(B(C)O)CC4)cn3N2)cn1.COC(=O)Nc1cc(C(F)(F)F)c(C2=NC(N3CCOCC3)c3cc(CN4CCNCC4)cn3N2)cn1. The van der Waals surface area contributed by atoms with Gasteiger partial charge in [0, 0.05) is 128 Å². The zero-order chi connectivity index (χ0) is 54.4. The Kier molecular flexibility index (Phi) is 17.3. The van der Waals surface area contributed by atoms with Crippen LogP contribution in [0.1, 0.15) is 57.1 Å². The molecule has 416 valence electrons. The second-order valence-corrected chi connectivity index (χ2v) is 18.9. The Balaban J connectivity index is 0.000000188. The molecule has 30 heteroatoms. The van der Waals surface area contributed by atoms with Crippen LogP contribution in [0.25, 0.3) is 0 Å². The van der Waals surface area contributed by atoms with Crippen LogP contribution in [-0.4, -0.2) is 199 Å². The topological polar surface area (TPSA) is 228 Å². The number of fused-ring (bicyclic) bond motifs is 2. The molecule has 0 aromatic carbocycles. The van der Waals surface area contributed by atoms with Gasteiger partial charge in [-0.2, -0.15) is 26.3 Å². The van der Waals surface area contributed by atoms with Crippen molar-refractivity contribution in [2.24, 2.45) is 9.98 Å². The number of aromatic nitrogens is 4. The van der Waals surface area contributed by atoms with E-state index in [1.165, 1.54) is 0 Å². The molecule has 6 aliphatic heterocycles. The number of morpholine rings is 2. The number of nitrogens with zero attached hydrogens (tertiary/aromatic N) is 11. The monoisotopic (exact) mass is 1090 g/mol. The Morgan fingerprint density at radius 1 is 0.662 bits per heavy atom. The highest BCUT2D eigenvalue weighted by atomic mass is 19.4. The van der Waals surface area contributed by atoms with Gasteiger partial charge in [-0.3, -0.25) is 50.4 Å². The number of pyridine rings is 2. The van der Waals surface area contributed by atoms with Crippen molar-refractivity contribution in [1.29, 1.82) is 0 Å². The van der Waals surface area contributed by atoms with Crippen LogP contribution in [0.5, 0.6) is 0 Å². The molecule has 6 aliphatic rings. The zero-order valence-electron chi connectivity index (χ0n) is 42.7. The van der Waals surface area contributed by atoms with Crippen molar-refractivity contribution in [3.63, 3.8) is 0 Å². The zero-order valence-corrected chi connectivity index (χ0v) is 42.7. The summed E-state index contributed by atoms with van der Waals surface area (Å²) in [6.45, 7) is 14.3. The maximum Gasteiger partial charge on any atom is 0.417 e. The summed E-state index contributed by atoms with van der Waals surface area (Å²) in [7, 11) is 1.74. The molecule has 23 nitrogen and oxygen atoms in total. The fourth-order valence-corrected chi connectivity index (χ4v) is 9.83. The van der Waals surface area contributed by atoms with E-state index >= 15 is 0 Å². The molecule has 0 saturated carbocycles. The number of rotatable bonds is 11. The third kappa shape index (κ3) is 13.5. The summed E-state index contributed by atoms with van der Waals surface area (Å²) in [4.78, 5) is 51.4. The molecule has 4 fully saturated rings. The van der Waals surface area contributed by atoms with E-state index < -0.39 is 55.0 Å². The first-order valence-electron chi connectivity index (χ1n) is 25.1. The third-order valence-electron chi connectivity index (χ3n) is 13.8. The van der Waals surface area contributed by atoms with Gasteiger partial charge in [0.05, 0.1) is 63.2 Å². The molecule has 2 amide bonds. The summed E-state index contributed by atoms with van der Waals surface area (Å²) in [5.41, 5.74) is 7.37. The van der Waals surface area contributed by atoms with Gasteiger partial charge in [-0.25, -0.2) is 29.5 Å². The minimum atomic E-state index is -4.74. The van der Waals surface area contributed by atoms with Crippen molar-refractivity contribution in [2.45, 2.75) is 44.6 Å². The summed E-state index contributed by atoms with van der Waals surface area (Å²) in [5.74, 6) is -0.508. The molecule has 2 atom stereocenters. The number of hydrogen-bond acceptors (Lipinski definition) is 19. The Hall–Kier alpha value is -6.38. The van der Waals surface area contributed by atoms with E-state index in [2.05, 4.69) is 71.9 Å². The number of nitrogens with one attached hydrogen (secondary N) is 5. The average Bonchev–Trinajstić information content (AvgIpc) is 4.05. The van der Waals surface area contributed by atoms with Gasteiger partial charge in [0.2, 0.25) is 0 Å². The summed E-state index contributed by atoms with van der Waals surface area (Å²) in [6.07, 6.45) is -6.41. The number of amides is 2. The number of amidine groups is 2. The molecule has 4 saturated heterocycles. The van der Waals surface area contributed by atoms with Crippen LogP contribution >= 0.6 is 0 Å². The van der Waals surface area contributed by atoms with Crippen molar-refractivity contribution < 1.29 is 59.9 Å². The van der Waals surface area contributed by atoms with E-state index in [-0.39, 0.29) is 34.4 Å². The molecule has 0 bridgehead atoms. The molecule has 0 radical (unpaired) electrons. The van der Waals surface area contributed by atoms with Crippen molar-refractivity contribution in [2.75, 3.05) is 141 Å². The molecule has 2 unspecified atom stereocenters. The normalized spacial score (nSPS) is 21.0. The third-order valence-corrected chi connectivity index (χ3v) is 13.8. The highest BCUT2D eigenvalue weighted by molar-refractivity contribution is 6.45. The van der Waals surface area contributed by atoms with Gasteiger partial charge in [-0.15, -0.1) is 0 Å². The van der Waals surface area contributed by atoms with E-state index in [0.29, 0.717) is 59.2 Å². The number of anilines is 2. The largest absolute Gasteiger partial charge is 0.453 e. The number of halogens is 6. The quantitative estimate of drug-likeness (QED) is 0.0934. The highest BCUT2D eigenvalue weighted by Crippen LogP contribution is 2.38. The van der Waals surface area contributed by atoms with Gasteiger partial charge in [0.25, 0.3) is 0 Å². The standard InChI is InChI=1S/C24H32BF3N8O4.C23H29F3N8O3/c1-25(38)35-5-3-33(4-6-35)14-16-11-19-22(34-7-9-40-10-8-34)31-21(32-36(19)15-16)17-13-29-20(30-23(37)39-2)12-18(17)24(26,27)28;1-36-22(35)29-19-11-17(23(24,25)26)16(12-28-19)20-30-21(33-6-8-37-9-7-33)18-10-15(14-34(18)31-20)13-32-4-2-27-3-5-32/h11-13,15,22,38H,3-10,14H2,1-2H3,(H,31,32)(H,29,30,37);10-12,14,21,27H,2-9,13H2,1H3,(H,30,31)(H,28,29,35). The first kappa shape index (κ1) is 55.4. The Morgan fingerprint density at radius 3 is 1.47 bits per heavy atom. The Labute approximate surface area is 439 Å². The lowest BCUT2D eigenvalue weighted by atomic mass is 9.84. The first-order chi connectivity index (χ1) is 36.9. The van der Waals surface area contributed by atoms with E-state index in [4.69, 9.17) is 19.5 Å².